The molecular weight excluding hydrogens is 376 g/mol. The molecule has 0 aliphatic rings. The molecule has 2 amide bonds. The number of hydrogen-bond donors (Lipinski definition) is 2. The fourth-order valence-corrected chi connectivity index (χ4v) is 2.53. The van der Waals surface area contributed by atoms with Crippen molar-refractivity contribution in [1.82, 2.24) is 10.6 Å². The van der Waals surface area contributed by atoms with Gasteiger partial charge in [-0.25, -0.2) is 4.79 Å². The monoisotopic (exact) mass is 400 g/mol. The number of methoxy groups -OCH3 is 2. The van der Waals surface area contributed by atoms with E-state index in [4.69, 9.17) is 9.47 Å². The standard InChI is InChI=1S/C21H24N2O6/c1-27-18-11-7-6-10-17(18)20(25)22-13-16(12-19(24)28-2)23-21(26)29-14-15-8-4-3-5-9-15/h3-11,16H,12-14H2,1-2H3,(H,22,25)(H,23,26)/t16-/m1/s1. The van der Waals surface area contributed by atoms with E-state index in [2.05, 4.69) is 15.4 Å². The molecule has 154 valence electrons. The van der Waals surface area contributed by atoms with Gasteiger partial charge in [-0.1, -0.05) is 42.5 Å². The first-order valence-corrected chi connectivity index (χ1v) is 8.98. The molecule has 0 saturated carbocycles. The zero-order valence-electron chi connectivity index (χ0n) is 16.3. The van der Waals surface area contributed by atoms with Crippen molar-refractivity contribution in [3.8, 4) is 5.75 Å². The first-order chi connectivity index (χ1) is 14.0. The summed E-state index contributed by atoms with van der Waals surface area (Å²) in [6.07, 6.45) is -0.822. The SMILES string of the molecule is COC(=O)C[C@H](CNC(=O)c1ccccc1OC)NC(=O)OCc1ccccc1. The minimum Gasteiger partial charge on any atom is -0.496 e. The van der Waals surface area contributed by atoms with Crippen LogP contribution in [0.1, 0.15) is 22.3 Å². The van der Waals surface area contributed by atoms with Crippen molar-refractivity contribution >= 4 is 18.0 Å². The molecule has 8 heteroatoms. The molecule has 8 nitrogen and oxygen atoms in total. The zero-order valence-corrected chi connectivity index (χ0v) is 16.3. The normalized spacial score (nSPS) is 11.1. The molecule has 2 rings (SSSR count). The van der Waals surface area contributed by atoms with Gasteiger partial charge in [0.05, 0.1) is 32.2 Å². The lowest BCUT2D eigenvalue weighted by Crippen LogP contribution is -2.45. The third-order valence-corrected chi connectivity index (χ3v) is 4.04. The van der Waals surface area contributed by atoms with Gasteiger partial charge in [-0.15, -0.1) is 0 Å². The van der Waals surface area contributed by atoms with Crippen LogP contribution in [-0.2, 0) is 20.9 Å². The minimum atomic E-state index is -0.704. The Labute approximate surface area is 169 Å². The molecule has 0 fully saturated rings. The number of para-hydroxylation sites is 1. The number of amides is 2. The quantitative estimate of drug-likeness (QED) is 0.626. The summed E-state index contributed by atoms with van der Waals surface area (Å²) in [5, 5.41) is 5.27. The minimum absolute atomic E-state index is 0.00637. The van der Waals surface area contributed by atoms with Crippen LogP contribution in [0, 0.1) is 0 Å². The molecule has 1 atom stereocenters. The molecule has 0 saturated heterocycles. The van der Waals surface area contributed by atoms with Crippen LogP contribution in [0.25, 0.3) is 0 Å². The maximum absolute atomic E-state index is 12.4. The highest BCUT2D eigenvalue weighted by Gasteiger charge is 2.20. The number of carbonyl (C=O) groups is 3. The van der Waals surface area contributed by atoms with E-state index < -0.39 is 24.0 Å². The largest absolute Gasteiger partial charge is 0.496 e. The second-order valence-corrected chi connectivity index (χ2v) is 6.09. The Morgan fingerprint density at radius 3 is 2.34 bits per heavy atom. The third-order valence-electron chi connectivity index (χ3n) is 4.04. The van der Waals surface area contributed by atoms with E-state index in [0.29, 0.717) is 11.3 Å². The number of carbonyl (C=O) groups excluding carboxylic acids is 3. The molecule has 0 aliphatic heterocycles. The van der Waals surface area contributed by atoms with Crippen molar-refractivity contribution in [2.24, 2.45) is 0 Å². The molecule has 0 aliphatic carbocycles. The van der Waals surface area contributed by atoms with E-state index in [0.717, 1.165) is 5.56 Å². The van der Waals surface area contributed by atoms with Crippen LogP contribution < -0.4 is 15.4 Å². The Hall–Kier alpha value is -3.55. The summed E-state index contributed by atoms with van der Waals surface area (Å²) in [7, 11) is 2.72. The van der Waals surface area contributed by atoms with Gasteiger partial charge < -0.3 is 24.8 Å². The van der Waals surface area contributed by atoms with E-state index in [1.165, 1.54) is 14.2 Å². The summed E-state index contributed by atoms with van der Waals surface area (Å²) in [6, 6.07) is 15.2. The van der Waals surface area contributed by atoms with Crippen LogP contribution in [0.2, 0.25) is 0 Å². The van der Waals surface area contributed by atoms with Crippen LogP contribution >= 0.6 is 0 Å². The first kappa shape index (κ1) is 21.7. The Kier molecular flexibility index (Phi) is 8.50. The zero-order chi connectivity index (χ0) is 21.1. The highest BCUT2D eigenvalue weighted by molar-refractivity contribution is 5.97. The van der Waals surface area contributed by atoms with Gasteiger partial charge in [0.25, 0.3) is 5.91 Å². The number of benzene rings is 2. The highest BCUT2D eigenvalue weighted by atomic mass is 16.5. The first-order valence-electron chi connectivity index (χ1n) is 8.98. The highest BCUT2D eigenvalue weighted by Crippen LogP contribution is 2.16. The maximum atomic E-state index is 12.4. The van der Waals surface area contributed by atoms with Crippen LogP contribution in [0.15, 0.2) is 54.6 Å². The summed E-state index contributed by atoms with van der Waals surface area (Å²) in [5.74, 6) is -0.494. The number of esters is 1. The fraction of sp³-hybridized carbons (Fsp3) is 0.286. The number of hydrogen-bond acceptors (Lipinski definition) is 6. The summed E-state index contributed by atoms with van der Waals surface area (Å²) in [6.45, 7) is 0.0949. The van der Waals surface area contributed by atoms with Gasteiger partial charge in [0.2, 0.25) is 0 Å². The van der Waals surface area contributed by atoms with E-state index in [-0.39, 0.29) is 19.6 Å². The number of rotatable bonds is 9. The third kappa shape index (κ3) is 7.17. The van der Waals surface area contributed by atoms with Gasteiger partial charge in [-0.3, -0.25) is 9.59 Å². The summed E-state index contributed by atoms with van der Waals surface area (Å²) < 4.78 is 15.0. The summed E-state index contributed by atoms with van der Waals surface area (Å²) in [4.78, 5) is 36.2. The molecule has 2 N–H and O–H groups in total. The van der Waals surface area contributed by atoms with Gasteiger partial charge in [0.15, 0.2) is 0 Å². The van der Waals surface area contributed by atoms with Crippen LogP contribution in [0.3, 0.4) is 0 Å². The maximum Gasteiger partial charge on any atom is 0.407 e. The lowest BCUT2D eigenvalue weighted by molar-refractivity contribution is -0.141. The molecule has 2 aromatic carbocycles. The lowest BCUT2D eigenvalue weighted by Gasteiger charge is -2.18. The van der Waals surface area contributed by atoms with Crippen molar-refractivity contribution in [2.75, 3.05) is 20.8 Å². The van der Waals surface area contributed by atoms with Crippen LogP contribution in [-0.4, -0.2) is 44.8 Å². The number of alkyl carbamates (subject to hydrolysis) is 1. The molecule has 0 spiro atoms. The van der Waals surface area contributed by atoms with E-state index in [1.54, 1.807) is 24.3 Å². The molecule has 29 heavy (non-hydrogen) atoms. The fourth-order valence-electron chi connectivity index (χ4n) is 2.53. The topological polar surface area (TPSA) is 103 Å². The smallest absolute Gasteiger partial charge is 0.407 e. The average Bonchev–Trinajstić information content (AvgIpc) is 2.76. The predicted molar refractivity (Wildman–Crippen MR) is 106 cm³/mol. The van der Waals surface area contributed by atoms with Gasteiger partial charge in [0.1, 0.15) is 12.4 Å². The second kappa shape index (κ2) is 11.3. The molecule has 2 aromatic rings. The summed E-state index contributed by atoms with van der Waals surface area (Å²) >= 11 is 0. The van der Waals surface area contributed by atoms with Crippen molar-refractivity contribution < 1.29 is 28.6 Å². The van der Waals surface area contributed by atoms with Crippen LogP contribution in [0.5, 0.6) is 5.75 Å². The van der Waals surface area contributed by atoms with Crippen LogP contribution in [0.4, 0.5) is 4.79 Å². The Morgan fingerprint density at radius 2 is 1.66 bits per heavy atom. The Bertz CT molecular complexity index is 825. The second-order valence-electron chi connectivity index (χ2n) is 6.09. The lowest BCUT2D eigenvalue weighted by atomic mass is 10.1. The van der Waals surface area contributed by atoms with E-state index >= 15 is 0 Å². The molecule has 0 radical (unpaired) electrons. The van der Waals surface area contributed by atoms with Gasteiger partial charge in [-0.2, -0.15) is 0 Å². The molecule has 0 unspecified atom stereocenters. The molecule has 0 heterocycles. The van der Waals surface area contributed by atoms with Gasteiger partial charge in [-0.05, 0) is 17.7 Å². The number of ether oxygens (including phenoxy) is 3. The molecule has 0 aromatic heterocycles. The van der Waals surface area contributed by atoms with Crippen molar-refractivity contribution in [3.63, 3.8) is 0 Å². The van der Waals surface area contributed by atoms with Gasteiger partial charge >= 0.3 is 12.1 Å². The average molecular weight is 400 g/mol. The Balaban J connectivity index is 1.93. The van der Waals surface area contributed by atoms with Crippen molar-refractivity contribution in [1.29, 1.82) is 0 Å². The van der Waals surface area contributed by atoms with E-state index in [9.17, 15) is 14.4 Å². The predicted octanol–water partition coefficient (Wildman–Crippen LogP) is 2.28. The molecular formula is C21H24N2O6. The molecule has 0 bridgehead atoms. The van der Waals surface area contributed by atoms with Crippen molar-refractivity contribution in [3.05, 3.63) is 65.7 Å². The Morgan fingerprint density at radius 1 is 0.966 bits per heavy atom. The van der Waals surface area contributed by atoms with Crippen molar-refractivity contribution in [2.45, 2.75) is 19.1 Å². The summed E-state index contributed by atoms with van der Waals surface area (Å²) in [5.41, 5.74) is 1.18. The number of nitrogens with one attached hydrogen (secondary N) is 2. The van der Waals surface area contributed by atoms with E-state index in [1.807, 2.05) is 30.3 Å². The van der Waals surface area contributed by atoms with Gasteiger partial charge in [0, 0.05) is 6.54 Å².